The molecule has 54 valence electrons. The van der Waals surface area contributed by atoms with Crippen LogP contribution >= 0.6 is 0 Å². The quantitative estimate of drug-likeness (QED) is 0.557. The van der Waals surface area contributed by atoms with Crippen molar-refractivity contribution in [1.29, 1.82) is 0 Å². The van der Waals surface area contributed by atoms with E-state index in [2.05, 4.69) is 0 Å². The van der Waals surface area contributed by atoms with Crippen molar-refractivity contribution in [3.63, 3.8) is 0 Å². The first-order valence-electron chi connectivity index (χ1n) is 3.28. The third-order valence-corrected chi connectivity index (χ3v) is 1.69. The topological polar surface area (TPSA) is 37.3 Å². The predicted molar refractivity (Wildman–Crippen MR) is 38.6 cm³/mol. The third kappa shape index (κ3) is 1.26. The Balaban J connectivity index is 2.73. The van der Waals surface area contributed by atoms with Gasteiger partial charge in [0.15, 0.2) is 0 Å². The minimum atomic E-state index is -0.0594. The van der Waals surface area contributed by atoms with E-state index < -0.39 is 0 Å². The van der Waals surface area contributed by atoms with Crippen molar-refractivity contribution in [3.05, 3.63) is 24.0 Å². The van der Waals surface area contributed by atoms with Crippen molar-refractivity contribution in [2.24, 2.45) is 11.8 Å². The van der Waals surface area contributed by atoms with Gasteiger partial charge in [0.2, 0.25) is 0 Å². The molecule has 0 radical (unpaired) electrons. The first-order valence-corrected chi connectivity index (χ1v) is 3.28. The Morgan fingerprint density at radius 2 is 2.40 bits per heavy atom. The zero-order valence-electron chi connectivity index (χ0n) is 5.82. The van der Waals surface area contributed by atoms with Crippen LogP contribution in [0.3, 0.4) is 0 Å². The fourth-order valence-electron chi connectivity index (χ4n) is 0.990. The Morgan fingerprint density at radius 1 is 1.70 bits per heavy atom. The van der Waals surface area contributed by atoms with Gasteiger partial charge in [0, 0.05) is 5.92 Å². The van der Waals surface area contributed by atoms with Crippen LogP contribution in [0, 0.1) is 11.8 Å². The molecular weight excluding hydrogens is 128 g/mol. The molecule has 1 aliphatic carbocycles. The summed E-state index contributed by atoms with van der Waals surface area (Å²) in [5.74, 6) is 0.323. The zero-order chi connectivity index (χ0) is 7.56. The van der Waals surface area contributed by atoms with E-state index in [0.29, 0.717) is 0 Å². The van der Waals surface area contributed by atoms with E-state index >= 15 is 0 Å². The van der Waals surface area contributed by atoms with Crippen molar-refractivity contribution in [3.8, 4) is 0 Å². The summed E-state index contributed by atoms with van der Waals surface area (Å²) in [5, 5.41) is 8.95. The fraction of sp³-hybridized carbons (Fsp3) is 0.375. The predicted octanol–water partition coefficient (Wildman–Crippen LogP) is 1.45. The minimum Gasteiger partial charge on any atom is -0.508 e. The van der Waals surface area contributed by atoms with Crippen LogP contribution < -0.4 is 0 Å². The van der Waals surface area contributed by atoms with E-state index in [9.17, 15) is 4.79 Å². The lowest BCUT2D eigenvalue weighted by Gasteiger charge is -2.14. The van der Waals surface area contributed by atoms with Crippen molar-refractivity contribution < 1.29 is 9.90 Å². The molecule has 0 spiro atoms. The van der Waals surface area contributed by atoms with Crippen molar-refractivity contribution >= 4 is 6.29 Å². The molecule has 0 fully saturated rings. The maximum atomic E-state index is 10.3. The molecule has 0 saturated carbocycles. The van der Waals surface area contributed by atoms with E-state index in [0.717, 1.165) is 6.29 Å². The fourth-order valence-corrected chi connectivity index (χ4v) is 0.990. The minimum absolute atomic E-state index is 0.0594. The van der Waals surface area contributed by atoms with Gasteiger partial charge in [0.1, 0.15) is 12.0 Å². The van der Waals surface area contributed by atoms with Crippen LogP contribution in [0.15, 0.2) is 24.0 Å². The van der Waals surface area contributed by atoms with Crippen LogP contribution in [-0.2, 0) is 4.79 Å². The van der Waals surface area contributed by atoms with Gasteiger partial charge in [-0.2, -0.15) is 0 Å². The second-order valence-electron chi connectivity index (χ2n) is 2.52. The number of carbonyl (C=O) groups excluding carboxylic acids is 1. The maximum absolute atomic E-state index is 10.3. The molecule has 0 heterocycles. The van der Waals surface area contributed by atoms with Gasteiger partial charge < -0.3 is 9.90 Å². The molecule has 2 atom stereocenters. The highest BCUT2D eigenvalue weighted by Crippen LogP contribution is 2.19. The standard InChI is InChI=1S/C8H10O2/c1-6-4-8(10)3-2-7(6)5-9/h2-7,10H,1H3. The number of hydrogen-bond donors (Lipinski definition) is 1. The highest BCUT2D eigenvalue weighted by Gasteiger charge is 2.14. The van der Waals surface area contributed by atoms with E-state index in [4.69, 9.17) is 5.11 Å². The highest BCUT2D eigenvalue weighted by atomic mass is 16.3. The lowest BCUT2D eigenvalue weighted by molar-refractivity contribution is -0.110. The van der Waals surface area contributed by atoms with E-state index in [-0.39, 0.29) is 17.6 Å². The zero-order valence-corrected chi connectivity index (χ0v) is 5.82. The van der Waals surface area contributed by atoms with Crippen LogP contribution in [-0.4, -0.2) is 11.4 Å². The lowest BCUT2D eigenvalue weighted by Crippen LogP contribution is -2.11. The summed E-state index contributed by atoms with van der Waals surface area (Å²) in [6, 6.07) is 0. The molecule has 10 heavy (non-hydrogen) atoms. The van der Waals surface area contributed by atoms with Gasteiger partial charge in [0.25, 0.3) is 0 Å². The summed E-state index contributed by atoms with van der Waals surface area (Å²) in [4.78, 5) is 10.3. The van der Waals surface area contributed by atoms with Gasteiger partial charge in [-0.1, -0.05) is 13.0 Å². The Labute approximate surface area is 59.9 Å². The van der Waals surface area contributed by atoms with E-state index in [1.54, 1.807) is 18.2 Å². The van der Waals surface area contributed by atoms with E-state index in [1.165, 1.54) is 0 Å². The average molecular weight is 138 g/mol. The van der Waals surface area contributed by atoms with Gasteiger partial charge in [-0.05, 0) is 18.1 Å². The summed E-state index contributed by atoms with van der Waals surface area (Å²) < 4.78 is 0. The van der Waals surface area contributed by atoms with Gasteiger partial charge in [-0.3, -0.25) is 0 Å². The van der Waals surface area contributed by atoms with Gasteiger partial charge in [0.05, 0.1) is 0 Å². The molecule has 2 nitrogen and oxygen atoms in total. The summed E-state index contributed by atoms with van der Waals surface area (Å²) in [6.07, 6.45) is 5.84. The SMILES string of the molecule is CC1C=C(O)C=CC1C=O. The Hall–Kier alpha value is -1.05. The van der Waals surface area contributed by atoms with Gasteiger partial charge in [-0.15, -0.1) is 0 Å². The Kier molecular flexibility index (Phi) is 1.90. The molecule has 0 aromatic rings. The number of hydrogen-bond acceptors (Lipinski definition) is 2. The molecule has 0 bridgehead atoms. The lowest BCUT2D eigenvalue weighted by atomic mass is 9.91. The van der Waals surface area contributed by atoms with E-state index in [1.807, 2.05) is 6.92 Å². The second-order valence-corrected chi connectivity index (χ2v) is 2.52. The average Bonchev–Trinajstić information content (AvgIpc) is 1.88. The largest absolute Gasteiger partial charge is 0.508 e. The first-order chi connectivity index (χ1) is 4.74. The second kappa shape index (κ2) is 2.69. The summed E-state index contributed by atoms with van der Waals surface area (Å²) >= 11 is 0. The summed E-state index contributed by atoms with van der Waals surface area (Å²) in [7, 11) is 0. The number of rotatable bonds is 1. The van der Waals surface area contributed by atoms with Crippen LogP contribution in [0.5, 0.6) is 0 Å². The van der Waals surface area contributed by atoms with Crippen LogP contribution in [0.4, 0.5) is 0 Å². The van der Waals surface area contributed by atoms with Gasteiger partial charge in [-0.25, -0.2) is 0 Å². The number of aliphatic hydroxyl groups excluding tert-OH is 1. The van der Waals surface area contributed by atoms with Crippen LogP contribution in [0.2, 0.25) is 0 Å². The van der Waals surface area contributed by atoms with Crippen molar-refractivity contribution in [2.75, 3.05) is 0 Å². The third-order valence-electron chi connectivity index (χ3n) is 1.69. The summed E-state index contributed by atoms with van der Waals surface area (Å²) in [6.45, 7) is 1.90. The van der Waals surface area contributed by atoms with Crippen LogP contribution in [0.1, 0.15) is 6.92 Å². The van der Waals surface area contributed by atoms with Crippen molar-refractivity contribution in [1.82, 2.24) is 0 Å². The monoisotopic (exact) mass is 138 g/mol. The molecule has 0 aromatic heterocycles. The Bertz CT molecular complexity index is 191. The Morgan fingerprint density at radius 3 is 2.90 bits per heavy atom. The molecule has 0 amide bonds. The number of aliphatic hydroxyl groups is 1. The molecule has 0 saturated heterocycles. The molecule has 2 unspecified atom stereocenters. The molecular formula is C8H10O2. The first kappa shape index (κ1) is 7.06. The molecule has 2 heteroatoms. The smallest absolute Gasteiger partial charge is 0.127 e. The normalized spacial score (nSPS) is 31.5. The van der Waals surface area contributed by atoms with Gasteiger partial charge >= 0.3 is 0 Å². The number of aldehydes is 1. The highest BCUT2D eigenvalue weighted by molar-refractivity contribution is 5.58. The molecule has 0 aliphatic heterocycles. The maximum Gasteiger partial charge on any atom is 0.127 e. The molecule has 1 N–H and O–H groups in total. The molecule has 1 rings (SSSR count). The van der Waals surface area contributed by atoms with Crippen molar-refractivity contribution in [2.45, 2.75) is 6.92 Å². The number of allylic oxidation sites excluding steroid dienone is 3. The van der Waals surface area contributed by atoms with Crippen LogP contribution in [0.25, 0.3) is 0 Å². The number of carbonyl (C=O) groups is 1. The molecule has 0 aromatic carbocycles. The molecule has 1 aliphatic rings. The summed E-state index contributed by atoms with van der Waals surface area (Å²) in [5.41, 5.74) is 0.